The quantitative estimate of drug-likeness (QED) is 0.0958. The summed E-state index contributed by atoms with van der Waals surface area (Å²) in [7, 11) is 0. The molecule has 10 rings (SSSR count). The third-order valence-electron chi connectivity index (χ3n) is 17.0. The molecule has 0 saturated carbocycles. The minimum atomic E-state index is -0.360. The zero-order valence-corrected chi connectivity index (χ0v) is 51.0. The van der Waals surface area contributed by atoms with E-state index < -0.39 is 0 Å². The molecule has 0 radical (unpaired) electrons. The summed E-state index contributed by atoms with van der Waals surface area (Å²) in [6.07, 6.45) is 6.86. The van der Waals surface area contributed by atoms with Crippen LogP contribution in [0.3, 0.4) is 0 Å². The molecule has 2 aliphatic rings. The Bertz CT molecular complexity index is 3590. The number of benzene rings is 7. The largest absolute Gasteiger partial charge is 0.548 e. The molecule has 0 N–H and O–H groups in total. The standard InChI is InChI=1S/C75H85BN3O/c1-44(2)58-22-18-23-59(45(3)4)71(58)54-32-34-66-53(40-54)36-39-79-75(66)77-70-43-57(74-64(50(13)14)28-21-29-65(74)51(15)16)37-38-78(70)76(79)67-35-33-56(73-62(48(9)10)26-20-27-63(73)49(11)12)42-69(67)80-68-41-55(31-30-52(68)17)72-60(46(5)6)24-19-25-61(72)47(7)8/h18-51H,1-17H3/q+1. The number of aryl methyl sites for hydroxylation is 1. The Kier molecular flexibility index (Phi) is 15.9. The summed E-state index contributed by atoms with van der Waals surface area (Å²) in [5.74, 6) is 6.29. The number of aromatic nitrogens is 1. The van der Waals surface area contributed by atoms with Gasteiger partial charge in [-0.05, 0) is 202 Å². The number of nitrogens with zero attached hydrogens (tertiary/aromatic N) is 3. The fourth-order valence-corrected chi connectivity index (χ4v) is 12.8. The number of pyridine rings is 1. The molecule has 0 amide bonds. The van der Waals surface area contributed by atoms with Gasteiger partial charge in [0.2, 0.25) is 5.84 Å². The van der Waals surface area contributed by atoms with Gasteiger partial charge in [0.15, 0.2) is 0 Å². The lowest BCUT2D eigenvalue weighted by Crippen LogP contribution is -2.70. The summed E-state index contributed by atoms with van der Waals surface area (Å²) in [6, 6.07) is 53.1. The fourth-order valence-electron chi connectivity index (χ4n) is 12.8. The Morgan fingerprint density at radius 1 is 0.412 bits per heavy atom. The summed E-state index contributed by atoms with van der Waals surface area (Å²) in [5.41, 5.74) is 25.3. The first-order valence-electron chi connectivity index (χ1n) is 29.9. The Labute approximate surface area is 480 Å². The molecular weight excluding hydrogens is 970 g/mol. The van der Waals surface area contributed by atoms with Crippen LogP contribution in [-0.2, 0) is 0 Å². The van der Waals surface area contributed by atoms with Gasteiger partial charge in [-0.1, -0.05) is 214 Å². The molecule has 408 valence electrons. The Morgan fingerprint density at radius 3 is 1.21 bits per heavy atom. The summed E-state index contributed by atoms with van der Waals surface area (Å²) < 4.78 is 10.1. The van der Waals surface area contributed by atoms with Crippen LogP contribution in [0.4, 0.5) is 5.82 Å². The zero-order chi connectivity index (χ0) is 57.0. The molecular formula is C75H85BN3O+. The molecule has 0 bridgehead atoms. The van der Waals surface area contributed by atoms with Crippen molar-refractivity contribution in [2.45, 2.75) is 165 Å². The van der Waals surface area contributed by atoms with Crippen molar-refractivity contribution in [2.24, 2.45) is 4.99 Å². The fraction of sp³-hybridized carbons (Fsp3) is 0.333. The van der Waals surface area contributed by atoms with Crippen molar-refractivity contribution in [1.29, 1.82) is 0 Å². The zero-order valence-electron chi connectivity index (χ0n) is 51.0. The van der Waals surface area contributed by atoms with Crippen LogP contribution in [0.5, 0.6) is 11.5 Å². The Hall–Kier alpha value is -7.24. The van der Waals surface area contributed by atoms with Gasteiger partial charge in [0.25, 0.3) is 0 Å². The van der Waals surface area contributed by atoms with Gasteiger partial charge in [-0.15, -0.1) is 0 Å². The minimum absolute atomic E-state index is 0.323. The molecule has 2 aliphatic heterocycles. The summed E-state index contributed by atoms with van der Waals surface area (Å²) >= 11 is 0. The summed E-state index contributed by atoms with van der Waals surface area (Å²) in [5, 5.41) is 0. The van der Waals surface area contributed by atoms with Crippen LogP contribution < -0.4 is 14.7 Å². The van der Waals surface area contributed by atoms with E-state index in [4.69, 9.17) is 9.73 Å². The molecule has 4 nitrogen and oxygen atoms in total. The maximum Gasteiger partial charge on any atom is 0.548 e. The second-order valence-corrected chi connectivity index (χ2v) is 25.3. The Balaban J connectivity index is 1.23. The van der Waals surface area contributed by atoms with E-state index in [0.29, 0.717) is 47.3 Å². The average molecular weight is 1060 g/mol. The first kappa shape index (κ1) is 56.1. The number of ether oxygens (including phenoxy) is 1. The number of aliphatic imine (C=N–C) groups is 1. The first-order chi connectivity index (χ1) is 38.2. The van der Waals surface area contributed by atoms with E-state index in [0.717, 1.165) is 50.9 Å². The lowest BCUT2D eigenvalue weighted by atomic mass is 9.63. The van der Waals surface area contributed by atoms with Crippen molar-refractivity contribution < 1.29 is 9.21 Å². The SMILES string of the molecule is Cc1ccc(-c2c(C(C)C)cccc2C(C)C)cc1Oc1cc(-c2c(C(C)C)cccc2C(C)C)ccc1B1N2C=Cc3cc(-c4c(C(C)C)cccc4C(C)C)ccc3C2=Nc2cc(-c3c(C(C)C)cccc3C(C)C)cc[n+]21. The van der Waals surface area contributed by atoms with Crippen molar-refractivity contribution in [3.63, 3.8) is 0 Å². The molecule has 3 heterocycles. The topological polar surface area (TPSA) is 28.7 Å². The maximum atomic E-state index is 7.68. The highest BCUT2D eigenvalue weighted by Gasteiger charge is 2.47. The highest BCUT2D eigenvalue weighted by molar-refractivity contribution is 6.67. The monoisotopic (exact) mass is 1050 g/mol. The Morgan fingerprint density at radius 2 is 0.787 bits per heavy atom. The van der Waals surface area contributed by atoms with Gasteiger partial charge in [-0.3, -0.25) is 4.48 Å². The predicted octanol–water partition coefficient (Wildman–Crippen LogP) is 20.4. The van der Waals surface area contributed by atoms with Crippen LogP contribution in [0, 0.1) is 6.92 Å². The van der Waals surface area contributed by atoms with Gasteiger partial charge in [0.1, 0.15) is 11.5 Å². The molecule has 0 saturated heterocycles. The van der Waals surface area contributed by atoms with Crippen LogP contribution in [0.25, 0.3) is 50.6 Å². The molecule has 7 aromatic carbocycles. The van der Waals surface area contributed by atoms with Crippen LogP contribution in [-0.4, -0.2) is 17.6 Å². The van der Waals surface area contributed by atoms with E-state index in [2.05, 4.69) is 285 Å². The lowest BCUT2D eigenvalue weighted by Gasteiger charge is -2.32. The lowest BCUT2D eigenvalue weighted by molar-refractivity contribution is -0.527. The summed E-state index contributed by atoms with van der Waals surface area (Å²) in [4.78, 5) is 8.16. The molecule has 5 heteroatoms. The van der Waals surface area contributed by atoms with E-state index >= 15 is 0 Å². The van der Waals surface area contributed by atoms with E-state index in [1.54, 1.807) is 0 Å². The van der Waals surface area contributed by atoms with Gasteiger partial charge in [-0.2, -0.15) is 0 Å². The van der Waals surface area contributed by atoms with Crippen LogP contribution >= 0.6 is 0 Å². The van der Waals surface area contributed by atoms with Crippen molar-refractivity contribution in [1.82, 2.24) is 4.81 Å². The van der Waals surface area contributed by atoms with E-state index in [1.807, 2.05) is 0 Å². The number of hydrogen-bond acceptors (Lipinski definition) is 3. The smallest absolute Gasteiger partial charge is 0.457 e. The number of fused-ring (bicyclic) bond motifs is 4. The highest BCUT2D eigenvalue weighted by Crippen LogP contribution is 2.44. The molecule has 1 aromatic heterocycles. The molecule has 0 unspecified atom stereocenters. The van der Waals surface area contributed by atoms with Crippen LogP contribution in [0.1, 0.15) is 219 Å². The van der Waals surface area contributed by atoms with E-state index in [9.17, 15) is 0 Å². The van der Waals surface area contributed by atoms with Crippen LogP contribution in [0.15, 0.2) is 157 Å². The second-order valence-electron chi connectivity index (χ2n) is 25.3. The average Bonchev–Trinajstić information content (AvgIpc) is 3.49. The number of amidine groups is 1. The predicted molar refractivity (Wildman–Crippen MR) is 343 cm³/mol. The molecule has 80 heavy (non-hydrogen) atoms. The number of rotatable bonds is 15. The molecule has 0 spiro atoms. The van der Waals surface area contributed by atoms with Crippen molar-refractivity contribution in [3.05, 3.63) is 213 Å². The van der Waals surface area contributed by atoms with E-state index in [1.165, 1.54) is 83.5 Å². The van der Waals surface area contributed by atoms with Gasteiger partial charge in [0.05, 0.1) is 11.8 Å². The third-order valence-corrected chi connectivity index (χ3v) is 17.0. The van der Waals surface area contributed by atoms with Crippen LogP contribution in [0.2, 0.25) is 0 Å². The molecule has 0 aliphatic carbocycles. The molecule has 8 aromatic rings. The summed E-state index contributed by atoms with van der Waals surface area (Å²) in [6.45, 7) is 38.8. The highest BCUT2D eigenvalue weighted by atomic mass is 16.5. The van der Waals surface area contributed by atoms with Crippen molar-refractivity contribution in [2.75, 3.05) is 0 Å². The van der Waals surface area contributed by atoms with Crippen molar-refractivity contribution >= 4 is 30.2 Å². The maximum absolute atomic E-state index is 7.68. The van der Waals surface area contributed by atoms with Gasteiger partial charge >= 0.3 is 12.8 Å². The second kappa shape index (κ2) is 22.7. The molecule has 0 atom stereocenters. The van der Waals surface area contributed by atoms with E-state index in [-0.39, 0.29) is 6.98 Å². The number of hydrogen-bond donors (Lipinski definition) is 0. The van der Waals surface area contributed by atoms with Crippen molar-refractivity contribution in [3.8, 4) is 56.0 Å². The molecule has 0 fully saturated rings. The van der Waals surface area contributed by atoms with Gasteiger partial charge in [0, 0.05) is 11.5 Å². The first-order valence-corrected chi connectivity index (χ1v) is 29.9. The third kappa shape index (κ3) is 10.4. The normalized spacial score (nSPS) is 13.2. The minimum Gasteiger partial charge on any atom is -0.457 e. The van der Waals surface area contributed by atoms with Gasteiger partial charge in [-0.25, -0.2) is 0 Å². The van der Waals surface area contributed by atoms with Gasteiger partial charge < -0.3 is 9.55 Å².